The topological polar surface area (TPSA) is 40.5 Å². The summed E-state index contributed by atoms with van der Waals surface area (Å²) in [5, 5.41) is 20.0. The Hall–Kier alpha value is -1.64. The predicted molar refractivity (Wildman–Crippen MR) is 62.8 cm³/mol. The molecule has 0 saturated carbocycles. The van der Waals surface area contributed by atoms with E-state index in [0.717, 1.165) is 11.1 Å². The zero-order valence-electron chi connectivity index (χ0n) is 8.82. The van der Waals surface area contributed by atoms with Crippen LogP contribution in [0.4, 0.5) is 0 Å². The molecule has 0 saturated heterocycles. The van der Waals surface area contributed by atoms with Gasteiger partial charge in [-0.15, -0.1) is 0 Å². The van der Waals surface area contributed by atoms with Crippen LogP contribution in [-0.2, 0) is 0 Å². The molecule has 2 N–H and O–H groups in total. The van der Waals surface area contributed by atoms with E-state index in [4.69, 9.17) is 0 Å². The molecule has 2 aromatic carbocycles. The van der Waals surface area contributed by atoms with Crippen molar-refractivity contribution in [1.29, 1.82) is 0 Å². The lowest BCUT2D eigenvalue weighted by Crippen LogP contribution is -2.09. The van der Waals surface area contributed by atoms with E-state index < -0.39 is 12.2 Å². The average molecular weight is 214 g/mol. The van der Waals surface area contributed by atoms with Crippen LogP contribution in [0.25, 0.3) is 0 Å². The van der Waals surface area contributed by atoms with Gasteiger partial charge in [-0.1, -0.05) is 60.7 Å². The van der Waals surface area contributed by atoms with E-state index in [0.29, 0.717) is 0 Å². The molecule has 0 aliphatic carbocycles. The van der Waals surface area contributed by atoms with E-state index >= 15 is 0 Å². The summed E-state index contributed by atoms with van der Waals surface area (Å²) in [6.45, 7) is 0. The first-order valence-corrected chi connectivity index (χ1v) is 5.25. The van der Waals surface area contributed by atoms with Crippen molar-refractivity contribution in [3.63, 3.8) is 0 Å². The van der Waals surface area contributed by atoms with Gasteiger partial charge >= 0.3 is 0 Å². The Kier molecular flexibility index (Phi) is 3.34. The van der Waals surface area contributed by atoms with Gasteiger partial charge in [-0.25, -0.2) is 0 Å². The summed E-state index contributed by atoms with van der Waals surface area (Å²) in [5.41, 5.74) is 1.44. The van der Waals surface area contributed by atoms with Gasteiger partial charge in [0.25, 0.3) is 0 Å². The van der Waals surface area contributed by atoms with Gasteiger partial charge in [0.15, 0.2) is 0 Å². The predicted octanol–water partition coefficient (Wildman–Crippen LogP) is 2.45. The smallest absolute Gasteiger partial charge is 0.109 e. The summed E-state index contributed by atoms with van der Waals surface area (Å²) in [7, 11) is 0. The highest BCUT2D eigenvalue weighted by Crippen LogP contribution is 2.27. The first kappa shape index (κ1) is 10.9. The van der Waals surface area contributed by atoms with E-state index in [9.17, 15) is 10.2 Å². The van der Waals surface area contributed by atoms with Gasteiger partial charge in [0.05, 0.1) is 0 Å². The number of aliphatic hydroxyl groups excluding tert-OH is 2. The van der Waals surface area contributed by atoms with Gasteiger partial charge in [0.2, 0.25) is 0 Å². The Labute approximate surface area is 94.8 Å². The van der Waals surface area contributed by atoms with Crippen molar-refractivity contribution in [2.45, 2.75) is 12.2 Å². The Morgan fingerprint density at radius 2 is 0.875 bits per heavy atom. The van der Waals surface area contributed by atoms with Gasteiger partial charge in [-0.2, -0.15) is 0 Å². The highest BCUT2D eigenvalue weighted by molar-refractivity contribution is 5.24. The summed E-state index contributed by atoms with van der Waals surface area (Å²) >= 11 is 0. The molecule has 0 radical (unpaired) electrons. The number of hydrogen-bond donors (Lipinski definition) is 2. The van der Waals surface area contributed by atoms with Crippen molar-refractivity contribution in [2.24, 2.45) is 0 Å². The third kappa shape index (κ3) is 2.30. The molecule has 16 heavy (non-hydrogen) atoms. The van der Waals surface area contributed by atoms with Gasteiger partial charge in [0.1, 0.15) is 12.2 Å². The maximum atomic E-state index is 9.99. The van der Waals surface area contributed by atoms with Gasteiger partial charge in [0, 0.05) is 0 Å². The Balaban J connectivity index is 2.20. The fraction of sp³-hybridized carbons (Fsp3) is 0.143. The molecule has 0 fully saturated rings. The Morgan fingerprint density at radius 1 is 0.562 bits per heavy atom. The second-order valence-electron chi connectivity index (χ2n) is 3.71. The quantitative estimate of drug-likeness (QED) is 0.824. The largest absolute Gasteiger partial charge is 0.385 e. The van der Waals surface area contributed by atoms with Crippen LogP contribution in [0.5, 0.6) is 0 Å². The molecule has 0 aromatic heterocycles. The van der Waals surface area contributed by atoms with Crippen molar-refractivity contribution < 1.29 is 10.2 Å². The third-order valence-corrected chi connectivity index (χ3v) is 2.58. The van der Waals surface area contributed by atoms with Gasteiger partial charge in [-0.05, 0) is 11.1 Å². The lowest BCUT2D eigenvalue weighted by atomic mass is 9.99. The number of rotatable bonds is 3. The summed E-state index contributed by atoms with van der Waals surface area (Å²) < 4.78 is 0. The van der Waals surface area contributed by atoms with Crippen molar-refractivity contribution in [1.82, 2.24) is 0 Å². The molecule has 0 unspecified atom stereocenters. The third-order valence-electron chi connectivity index (χ3n) is 2.58. The zero-order valence-corrected chi connectivity index (χ0v) is 8.82. The first-order valence-electron chi connectivity index (χ1n) is 5.25. The standard InChI is InChI=1S/C14H14O2/c15-13(11-7-3-1-4-8-11)14(16)12-9-5-2-6-10-12/h1-10,13-16H/t13-,14-/m1/s1. The van der Waals surface area contributed by atoms with Crippen LogP contribution < -0.4 is 0 Å². The minimum Gasteiger partial charge on any atom is -0.385 e. The van der Waals surface area contributed by atoms with E-state index in [1.54, 1.807) is 24.3 Å². The molecule has 2 atom stereocenters. The molecular formula is C14H14O2. The molecule has 0 heterocycles. The van der Waals surface area contributed by atoms with Crippen LogP contribution >= 0.6 is 0 Å². The number of benzene rings is 2. The second kappa shape index (κ2) is 4.92. The first-order chi connectivity index (χ1) is 7.79. The molecule has 0 bridgehead atoms. The van der Waals surface area contributed by atoms with Crippen LogP contribution in [0.15, 0.2) is 60.7 Å². The Bertz CT molecular complexity index is 382. The van der Waals surface area contributed by atoms with Gasteiger partial charge in [-0.3, -0.25) is 0 Å². The van der Waals surface area contributed by atoms with Crippen LogP contribution in [0.3, 0.4) is 0 Å². The summed E-state index contributed by atoms with van der Waals surface area (Å²) in [6, 6.07) is 18.3. The highest BCUT2D eigenvalue weighted by atomic mass is 16.3. The van der Waals surface area contributed by atoms with E-state index in [-0.39, 0.29) is 0 Å². The van der Waals surface area contributed by atoms with E-state index in [1.165, 1.54) is 0 Å². The molecule has 0 aliphatic heterocycles. The maximum Gasteiger partial charge on any atom is 0.109 e. The summed E-state index contributed by atoms with van der Waals surface area (Å²) in [6.07, 6.45) is -1.77. The molecular weight excluding hydrogens is 200 g/mol. The minimum absolute atomic E-state index is 0.721. The van der Waals surface area contributed by atoms with Gasteiger partial charge < -0.3 is 10.2 Å². The molecule has 2 nitrogen and oxygen atoms in total. The fourth-order valence-corrected chi connectivity index (χ4v) is 1.67. The van der Waals surface area contributed by atoms with Crippen LogP contribution in [0.2, 0.25) is 0 Å². The monoisotopic (exact) mass is 214 g/mol. The van der Waals surface area contributed by atoms with Crippen LogP contribution in [0.1, 0.15) is 23.3 Å². The molecule has 2 aromatic rings. The summed E-state index contributed by atoms with van der Waals surface area (Å²) in [5.74, 6) is 0. The minimum atomic E-state index is -0.886. The van der Waals surface area contributed by atoms with Crippen LogP contribution in [-0.4, -0.2) is 10.2 Å². The normalized spacial score (nSPS) is 14.4. The van der Waals surface area contributed by atoms with Crippen LogP contribution in [0, 0.1) is 0 Å². The van der Waals surface area contributed by atoms with Crippen molar-refractivity contribution in [2.75, 3.05) is 0 Å². The lowest BCUT2D eigenvalue weighted by molar-refractivity contribution is 0.0172. The Morgan fingerprint density at radius 3 is 1.19 bits per heavy atom. The highest BCUT2D eigenvalue weighted by Gasteiger charge is 2.19. The molecule has 0 amide bonds. The lowest BCUT2D eigenvalue weighted by Gasteiger charge is -2.18. The molecule has 2 heteroatoms. The second-order valence-corrected chi connectivity index (χ2v) is 3.71. The number of hydrogen-bond acceptors (Lipinski definition) is 2. The summed E-state index contributed by atoms with van der Waals surface area (Å²) in [4.78, 5) is 0. The molecule has 82 valence electrons. The van der Waals surface area contributed by atoms with Crippen molar-refractivity contribution in [3.8, 4) is 0 Å². The van der Waals surface area contributed by atoms with E-state index in [1.807, 2.05) is 36.4 Å². The maximum absolute atomic E-state index is 9.99. The van der Waals surface area contributed by atoms with Crippen molar-refractivity contribution in [3.05, 3.63) is 71.8 Å². The fourth-order valence-electron chi connectivity index (χ4n) is 1.67. The van der Waals surface area contributed by atoms with Crippen molar-refractivity contribution >= 4 is 0 Å². The average Bonchev–Trinajstić information content (AvgIpc) is 2.39. The SMILES string of the molecule is O[C@H](c1ccccc1)[C@H](O)c1ccccc1. The number of aliphatic hydroxyl groups is 2. The van der Waals surface area contributed by atoms with E-state index in [2.05, 4.69) is 0 Å². The molecule has 0 aliphatic rings. The molecule has 0 spiro atoms. The zero-order chi connectivity index (χ0) is 11.4. The molecule has 2 rings (SSSR count).